The maximum atomic E-state index is 12.3. The molecule has 4 rings (SSSR count). The Labute approximate surface area is 168 Å². The third-order valence-corrected chi connectivity index (χ3v) is 4.75. The molecule has 1 aliphatic carbocycles. The molecular weight excluding hydrogens is 366 g/mol. The minimum Gasteiger partial charge on any atom is -0.487 e. The van der Waals surface area contributed by atoms with E-state index >= 15 is 0 Å². The number of carbonyl (C=O) groups is 2. The first-order chi connectivity index (χ1) is 14.2. The smallest absolute Gasteiger partial charge is 0.269 e. The number of nitrogens with zero attached hydrogens (tertiary/aromatic N) is 1. The standard InChI is InChI=1S/C23H21N3O3/c27-20-7-2-6-19(14-20)25-26-23(28)18-11-9-16(10-12-18)15-29-21-8-1-4-17-5-3-13-24-22(17)21/h1,3-5,8-14,25H,2,6-7,15H2,(H,26,28). The Morgan fingerprint density at radius 2 is 1.86 bits per heavy atom. The number of allylic oxidation sites excluding steroid dienone is 2. The van der Waals surface area contributed by atoms with Gasteiger partial charge in [0.2, 0.25) is 0 Å². The fraction of sp³-hybridized carbons (Fsp3) is 0.174. The fourth-order valence-corrected chi connectivity index (χ4v) is 3.21. The first-order valence-electron chi connectivity index (χ1n) is 9.54. The van der Waals surface area contributed by atoms with Crippen molar-refractivity contribution in [1.29, 1.82) is 0 Å². The van der Waals surface area contributed by atoms with Crippen LogP contribution in [0, 0.1) is 0 Å². The van der Waals surface area contributed by atoms with E-state index in [0.29, 0.717) is 18.6 Å². The summed E-state index contributed by atoms with van der Waals surface area (Å²) < 4.78 is 5.93. The highest BCUT2D eigenvalue weighted by Gasteiger charge is 2.11. The van der Waals surface area contributed by atoms with Crippen LogP contribution >= 0.6 is 0 Å². The first-order valence-corrected chi connectivity index (χ1v) is 9.54. The SMILES string of the molecule is O=C1C=C(NNC(=O)c2ccc(COc3cccc4cccnc34)cc2)CCC1. The zero-order valence-electron chi connectivity index (χ0n) is 15.9. The number of nitrogens with one attached hydrogen (secondary N) is 2. The summed E-state index contributed by atoms with van der Waals surface area (Å²) in [5.41, 5.74) is 8.51. The molecule has 1 amide bonds. The Morgan fingerprint density at radius 3 is 2.69 bits per heavy atom. The molecule has 1 aromatic heterocycles. The molecule has 0 atom stereocenters. The van der Waals surface area contributed by atoms with Crippen LogP contribution < -0.4 is 15.6 Å². The van der Waals surface area contributed by atoms with Crippen molar-refractivity contribution in [2.75, 3.05) is 0 Å². The Morgan fingerprint density at radius 1 is 1.03 bits per heavy atom. The third-order valence-electron chi connectivity index (χ3n) is 4.75. The van der Waals surface area contributed by atoms with Crippen LogP contribution in [0.25, 0.3) is 10.9 Å². The molecule has 2 N–H and O–H groups in total. The number of para-hydroxylation sites is 1. The quantitative estimate of drug-likeness (QED) is 0.631. The van der Waals surface area contributed by atoms with E-state index in [2.05, 4.69) is 15.8 Å². The molecule has 2 aromatic carbocycles. The second kappa shape index (κ2) is 8.56. The molecule has 146 valence electrons. The van der Waals surface area contributed by atoms with Crippen molar-refractivity contribution in [3.8, 4) is 5.75 Å². The number of ether oxygens (including phenoxy) is 1. The average Bonchev–Trinajstić information content (AvgIpc) is 2.76. The molecule has 3 aromatic rings. The summed E-state index contributed by atoms with van der Waals surface area (Å²) in [7, 11) is 0. The van der Waals surface area contributed by atoms with Crippen molar-refractivity contribution in [2.45, 2.75) is 25.9 Å². The van der Waals surface area contributed by atoms with Gasteiger partial charge in [0.25, 0.3) is 5.91 Å². The minimum atomic E-state index is -0.255. The van der Waals surface area contributed by atoms with Gasteiger partial charge in [-0.2, -0.15) is 0 Å². The van der Waals surface area contributed by atoms with Gasteiger partial charge in [0.1, 0.15) is 17.9 Å². The number of rotatable bonds is 6. The van der Waals surface area contributed by atoms with Crippen molar-refractivity contribution in [3.63, 3.8) is 0 Å². The van der Waals surface area contributed by atoms with Crippen LogP contribution in [0.15, 0.2) is 72.6 Å². The number of carbonyl (C=O) groups excluding carboxylic acids is 2. The minimum absolute atomic E-state index is 0.0822. The van der Waals surface area contributed by atoms with Gasteiger partial charge < -0.3 is 10.2 Å². The van der Waals surface area contributed by atoms with Gasteiger partial charge in [-0.05, 0) is 42.7 Å². The molecule has 1 aliphatic rings. The summed E-state index contributed by atoms with van der Waals surface area (Å²) >= 11 is 0. The maximum absolute atomic E-state index is 12.3. The Balaban J connectivity index is 1.35. The molecule has 0 fully saturated rings. The number of ketones is 1. The lowest BCUT2D eigenvalue weighted by atomic mass is 10.0. The molecule has 0 aliphatic heterocycles. The van der Waals surface area contributed by atoms with E-state index in [4.69, 9.17) is 4.74 Å². The molecular formula is C23H21N3O3. The van der Waals surface area contributed by atoms with Gasteiger partial charge in [-0.3, -0.25) is 20.0 Å². The lowest BCUT2D eigenvalue weighted by Crippen LogP contribution is -2.37. The van der Waals surface area contributed by atoms with Gasteiger partial charge in [-0.15, -0.1) is 0 Å². The van der Waals surface area contributed by atoms with Gasteiger partial charge in [0, 0.05) is 35.3 Å². The van der Waals surface area contributed by atoms with Crippen LogP contribution in [-0.2, 0) is 11.4 Å². The molecule has 1 heterocycles. The number of pyridine rings is 1. The molecule has 0 unspecified atom stereocenters. The molecule has 29 heavy (non-hydrogen) atoms. The molecule has 0 saturated heterocycles. The summed E-state index contributed by atoms with van der Waals surface area (Å²) in [5, 5.41) is 1.03. The number of fused-ring (bicyclic) bond motifs is 1. The largest absolute Gasteiger partial charge is 0.487 e. The van der Waals surface area contributed by atoms with Crippen LogP contribution in [0.5, 0.6) is 5.75 Å². The maximum Gasteiger partial charge on any atom is 0.269 e. The second-order valence-corrected chi connectivity index (χ2v) is 6.89. The number of aromatic nitrogens is 1. The van der Waals surface area contributed by atoms with Crippen molar-refractivity contribution >= 4 is 22.6 Å². The van der Waals surface area contributed by atoms with E-state index in [9.17, 15) is 9.59 Å². The van der Waals surface area contributed by atoms with Crippen molar-refractivity contribution in [3.05, 3.63) is 83.7 Å². The van der Waals surface area contributed by atoms with Crippen LogP contribution in [0.1, 0.15) is 35.2 Å². The summed E-state index contributed by atoms with van der Waals surface area (Å²) in [6.45, 7) is 0.380. The highest BCUT2D eigenvalue weighted by atomic mass is 16.5. The summed E-state index contributed by atoms with van der Waals surface area (Å²) in [4.78, 5) is 28.1. The predicted molar refractivity (Wildman–Crippen MR) is 110 cm³/mol. The number of hydrazine groups is 1. The second-order valence-electron chi connectivity index (χ2n) is 6.89. The van der Waals surface area contributed by atoms with E-state index in [1.165, 1.54) is 0 Å². The molecule has 0 bridgehead atoms. The zero-order valence-corrected chi connectivity index (χ0v) is 15.9. The highest BCUT2D eigenvalue weighted by Crippen LogP contribution is 2.23. The Kier molecular flexibility index (Phi) is 5.52. The summed E-state index contributed by atoms with van der Waals surface area (Å²) in [5.74, 6) is 0.554. The van der Waals surface area contributed by atoms with Crippen LogP contribution in [0.2, 0.25) is 0 Å². The molecule has 6 heteroatoms. The average molecular weight is 387 g/mol. The first kappa shape index (κ1) is 18.7. The van der Waals surface area contributed by atoms with E-state index < -0.39 is 0 Å². The topological polar surface area (TPSA) is 80.3 Å². The van der Waals surface area contributed by atoms with Crippen molar-refractivity contribution in [2.24, 2.45) is 0 Å². The Hall–Kier alpha value is -3.67. The monoisotopic (exact) mass is 387 g/mol. The third kappa shape index (κ3) is 4.60. The Bertz CT molecular complexity index is 1070. The number of amides is 1. The van der Waals surface area contributed by atoms with Crippen LogP contribution in [0.4, 0.5) is 0 Å². The van der Waals surface area contributed by atoms with Gasteiger partial charge in [-0.1, -0.05) is 30.3 Å². The summed E-state index contributed by atoms with van der Waals surface area (Å²) in [6, 6.07) is 16.9. The van der Waals surface area contributed by atoms with E-state index in [0.717, 1.165) is 40.8 Å². The molecule has 0 radical (unpaired) electrons. The molecule has 0 saturated carbocycles. The van der Waals surface area contributed by atoms with Gasteiger partial charge >= 0.3 is 0 Å². The van der Waals surface area contributed by atoms with Crippen LogP contribution in [-0.4, -0.2) is 16.7 Å². The zero-order chi connectivity index (χ0) is 20.1. The van der Waals surface area contributed by atoms with Crippen LogP contribution in [0.3, 0.4) is 0 Å². The normalized spacial score (nSPS) is 13.7. The van der Waals surface area contributed by atoms with E-state index in [1.807, 2.05) is 42.5 Å². The van der Waals surface area contributed by atoms with Crippen molar-refractivity contribution in [1.82, 2.24) is 15.8 Å². The van der Waals surface area contributed by atoms with Gasteiger partial charge in [-0.25, -0.2) is 0 Å². The number of hydrogen-bond donors (Lipinski definition) is 2. The fourth-order valence-electron chi connectivity index (χ4n) is 3.21. The molecule has 0 spiro atoms. The van der Waals surface area contributed by atoms with Gasteiger partial charge in [0.15, 0.2) is 5.78 Å². The number of benzene rings is 2. The lowest BCUT2D eigenvalue weighted by molar-refractivity contribution is -0.115. The van der Waals surface area contributed by atoms with Gasteiger partial charge in [0.05, 0.1) is 0 Å². The lowest BCUT2D eigenvalue weighted by Gasteiger charge is -2.15. The predicted octanol–water partition coefficient (Wildman–Crippen LogP) is 3.69. The highest BCUT2D eigenvalue weighted by molar-refractivity contribution is 5.94. The summed E-state index contributed by atoms with van der Waals surface area (Å²) in [6.07, 6.45) is 5.42. The van der Waals surface area contributed by atoms with E-state index in [-0.39, 0.29) is 11.7 Å². The van der Waals surface area contributed by atoms with Crippen molar-refractivity contribution < 1.29 is 14.3 Å². The number of hydrogen-bond acceptors (Lipinski definition) is 5. The van der Waals surface area contributed by atoms with E-state index in [1.54, 1.807) is 24.4 Å². The molecule has 6 nitrogen and oxygen atoms in total.